The van der Waals surface area contributed by atoms with Gasteiger partial charge in [-0.1, -0.05) is 25.3 Å². The molecular formula is C16H23NO4. The molecule has 1 aliphatic rings. The van der Waals surface area contributed by atoms with Crippen LogP contribution in [0.15, 0.2) is 24.3 Å². The van der Waals surface area contributed by atoms with Crippen molar-refractivity contribution in [2.24, 2.45) is 0 Å². The van der Waals surface area contributed by atoms with Crippen molar-refractivity contribution in [3.05, 3.63) is 29.8 Å². The second-order valence-corrected chi connectivity index (χ2v) is 5.64. The Labute approximate surface area is 124 Å². The summed E-state index contributed by atoms with van der Waals surface area (Å²) in [4.78, 5) is 10.8. The number of carboxylic acid groups (broad SMARTS) is 1. The summed E-state index contributed by atoms with van der Waals surface area (Å²) in [7, 11) is 0. The molecule has 1 fully saturated rings. The van der Waals surface area contributed by atoms with Gasteiger partial charge in [-0.3, -0.25) is 0 Å². The third kappa shape index (κ3) is 5.02. The van der Waals surface area contributed by atoms with Gasteiger partial charge in [-0.2, -0.15) is 0 Å². The van der Waals surface area contributed by atoms with Crippen LogP contribution in [0.1, 0.15) is 42.5 Å². The zero-order valence-corrected chi connectivity index (χ0v) is 12.2. The molecule has 0 aliphatic heterocycles. The van der Waals surface area contributed by atoms with E-state index < -0.39 is 11.6 Å². The van der Waals surface area contributed by atoms with Gasteiger partial charge < -0.3 is 20.3 Å². The molecule has 1 saturated carbocycles. The van der Waals surface area contributed by atoms with E-state index in [0.29, 0.717) is 25.4 Å². The van der Waals surface area contributed by atoms with Crippen LogP contribution in [0.4, 0.5) is 0 Å². The highest BCUT2D eigenvalue weighted by molar-refractivity contribution is 5.87. The minimum absolute atomic E-state index is 0.219. The van der Waals surface area contributed by atoms with E-state index in [-0.39, 0.29) is 5.56 Å². The van der Waals surface area contributed by atoms with Crippen molar-refractivity contribution in [2.75, 3.05) is 19.7 Å². The predicted molar refractivity (Wildman–Crippen MR) is 79.8 cm³/mol. The average molecular weight is 293 g/mol. The quantitative estimate of drug-likeness (QED) is 0.671. The van der Waals surface area contributed by atoms with E-state index in [1.165, 1.54) is 18.6 Å². The summed E-state index contributed by atoms with van der Waals surface area (Å²) < 4.78 is 5.51. The van der Waals surface area contributed by atoms with Crippen molar-refractivity contribution in [1.29, 1.82) is 0 Å². The molecule has 2 rings (SSSR count). The zero-order valence-electron chi connectivity index (χ0n) is 12.2. The van der Waals surface area contributed by atoms with Gasteiger partial charge >= 0.3 is 5.97 Å². The molecule has 21 heavy (non-hydrogen) atoms. The first-order chi connectivity index (χ1) is 10.1. The van der Waals surface area contributed by atoms with Gasteiger partial charge in [0.2, 0.25) is 0 Å². The second-order valence-electron chi connectivity index (χ2n) is 5.64. The topological polar surface area (TPSA) is 78.8 Å². The van der Waals surface area contributed by atoms with Gasteiger partial charge in [-0.15, -0.1) is 0 Å². The van der Waals surface area contributed by atoms with Crippen LogP contribution in [0.3, 0.4) is 0 Å². The highest BCUT2D eigenvalue weighted by Crippen LogP contribution is 2.27. The lowest BCUT2D eigenvalue weighted by atomic mass is 9.85. The summed E-state index contributed by atoms with van der Waals surface area (Å²) >= 11 is 0. The number of rotatable bonds is 7. The smallest absolute Gasteiger partial charge is 0.335 e. The fourth-order valence-electron chi connectivity index (χ4n) is 2.67. The maximum absolute atomic E-state index is 10.8. The number of aliphatic hydroxyl groups is 1. The van der Waals surface area contributed by atoms with Crippen LogP contribution >= 0.6 is 0 Å². The monoisotopic (exact) mass is 293 g/mol. The Balaban J connectivity index is 1.67. The van der Waals surface area contributed by atoms with Crippen molar-refractivity contribution in [2.45, 2.75) is 37.7 Å². The number of carbonyl (C=O) groups is 1. The maximum atomic E-state index is 10.8. The third-order valence-corrected chi connectivity index (χ3v) is 3.87. The van der Waals surface area contributed by atoms with Crippen molar-refractivity contribution < 1.29 is 19.7 Å². The number of ether oxygens (including phenoxy) is 1. The number of hydrogen-bond donors (Lipinski definition) is 3. The van der Waals surface area contributed by atoms with Crippen LogP contribution in [-0.2, 0) is 0 Å². The molecule has 1 aromatic carbocycles. The number of carboxylic acids is 1. The van der Waals surface area contributed by atoms with E-state index in [9.17, 15) is 9.90 Å². The Bertz CT molecular complexity index is 469. The molecule has 0 spiro atoms. The van der Waals surface area contributed by atoms with Crippen LogP contribution in [0.2, 0.25) is 0 Å². The fraction of sp³-hybridized carbons (Fsp3) is 0.562. The summed E-state index contributed by atoms with van der Waals surface area (Å²) in [5.41, 5.74) is -0.349. The molecule has 1 aliphatic carbocycles. The molecule has 0 saturated heterocycles. The lowest BCUT2D eigenvalue weighted by Crippen LogP contribution is -2.43. The molecule has 0 bridgehead atoms. The van der Waals surface area contributed by atoms with E-state index >= 15 is 0 Å². The van der Waals surface area contributed by atoms with Crippen molar-refractivity contribution in [3.63, 3.8) is 0 Å². The Morgan fingerprint density at radius 3 is 2.76 bits per heavy atom. The summed E-state index contributed by atoms with van der Waals surface area (Å²) in [6, 6.07) is 6.45. The normalized spacial score (nSPS) is 17.4. The van der Waals surface area contributed by atoms with E-state index in [1.54, 1.807) is 12.1 Å². The molecular weight excluding hydrogens is 270 g/mol. The average Bonchev–Trinajstić information content (AvgIpc) is 2.48. The van der Waals surface area contributed by atoms with Gasteiger partial charge in [0.1, 0.15) is 12.4 Å². The summed E-state index contributed by atoms with van der Waals surface area (Å²) in [5.74, 6) is -0.411. The second kappa shape index (κ2) is 7.43. The van der Waals surface area contributed by atoms with E-state index in [4.69, 9.17) is 9.84 Å². The minimum atomic E-state index is -0.960. The third-order valence-electron chi connectivity index (χ3n) is 3.87. The standard InChI is InChI=1S/C16H23NO4/c18-15(19)13-5-4-6-14(11-13)21-10-9-17-12-16(20)7-2-1-3-8-16/h4-6,11,17,20H,1-3,7-10,12H2,(H,18,19). The van der Waals surface area contributed by atoms with E-state index in [2.05, 4.69) is 5.32 Å². The Morgan fingerprint density at radius 2 is 2.05 bits per heavy atom. The van der Waals surface area contributed by atoms with Crippen molar-refractivity contribution in [3.8, 4) is 5.75 Å². The van der Waals surface area contributed by atoms with Crippen molar-refractivity contribution >= 4 is 5.97 Å². The molecule has 0 radical (unpaired) electrons. The van der Waals surface area contributed by atoms with Gasteiger partial charge in [0, 0.05) is 13.1 Å². The molecule has 1 aromatic rings. The van der Waals surface area contributed by atoms with Crippen LogP contribution in [0.5, 0.6) is 5.75 Å². The first-order valence-electron chi connectivity index (χ1n) is 7.48. The molecule has 116 valence electrons. The van der Waals surface area contributed by atoms with Gasteiger partial charge in [0.05, 0.1) is 11.2 Å². The SMILES string of the molecule is O=C(O)c1cccc(OCCNCC2(O)CCCCC2)c1. The van der Waals surface area contributed by atoms with Crippen LogP contribution in [0.25, 0.3) is 0 Å². The number of nitrogens with one attached hydrogen (secondary N) is 1. The van der Waals surface area contributed by atoms with Gasteiger partial charge in [0.15, 0.2) is 0 Å². The van der Waals surface area contributed by atoms with E-state index in [1.807, 2.05) is 0 Å². The molecule has 0 unspecified atom stereocenters. The van der Waals surface area contributed by atoms with Crippen LogP contribution < -0.4 is 10.1 Å². The summed E-state index contributed by atoms with van der Waals surface area (Å²) in [5, 5.41) is 22.4. The first kappa shape index (κ1) is 15.8. The first-order valence-corrected chi connectivity index (χ1v) is 7.48. The van der Waals surface area contributed by atoms with E-state index in [0.717, 1.165) is 25.7 Å². The van der Waals surface area contributed by atoms with Gasteiger partial charge in [0.25, 0.3) is 0 Å². The minimum Gasteiger partial charge on any atom is -0.492 e. The Hall–Kier alpha value is -1.59. The zero-order chi connectivity index (χ0) is 15.1. The van der Waals surface area contributed by atoms with Crippen LogP contribution in [0, 0.1) is 0 Å². The highest BCUT2D eigenvalue weighted by atomic mass is 16.5. The molecule has 0 heterocycles. The summed E-state index contributed by atoms with van der Waals surface area (Å²) in [6.07, 6.45) is 5.13. The molecule has 0 aromatic heterocycles. The fourth-order valence-corrected chi connectivity index (χ4v) is 2.67. The van der Waals surface area contributed by atoms with Crippen LogP contribution in [-0.4, -0.2) is 41.5 Å². The molecule has 3 N–H and O–H groups in total. The molecule has 5 nitrogen and oxygen atoms in total. The Morgan fingerprint density at radius 1 is 1.29 bits per heavy atom. The lowest BCUT2D eigenvalue weighted by molar-refractivity contribution is 0.00456. The highest BCUT2D eigenvalue weighted by Gasteiger charge is 2.28. The maximum Gasteiger partial charge on any atom is 0.335 e. The number of hydrogen-bond acceptors (Lipinski definition) is 4. The lowest BCUT2D eigenvalue weighted by Gasteiger charge is -2.32. The summed E-state index contributed by atoms with van der Waals surface area (Å²) in [6.45, 7) is 1.66. The predicted octanol–water partition coefficient (Wildman–Crippen LogP) is 2.05. The number of aromatic carboxylic acids is 1. The largest absolute Gasteiger partial charge is 0.492 e. The van der Waals surface area contributed by atoms with Gasteiger partial charge in [-0.25, -0.2) is 4.79 Å². The molecule has 5 heteroatoms. The van der Waals surface area contributed by atoms with Crippen molar-refractivity contribution in [1.82, 2.24) is 5.32 Å². The molecule has 0 amide bonds. The number of benzene rings is 1. The Kier molecular flexibility index (Phi) is 5.59. The molecule has 0 atom stereocenters. The van der Waals surface area contributed by atoms with Gasteiger partial charge in [-0.05, 0) is 31.0 Å².